The molecule has 0 aromatic rings. The van der Waals surface area contributed by atoms with Gasteiger partial charge in [0.05, 0.1) is 12.5 Å². The summed E-state index contributed by atoms with van der Waals surface area (Å²) in [7, 11) is 0. The Hall–Kier alpha value is -0.570. The van der Waals surface area contributed by atoms with Gasteiger partial charge in [0, 0.05) is 12.6 Å². The minimum atomic E-state index is -0.417. The molecule has 1 amide bonds. The van der Waals surface area contributed by atoms with Crippen LogP contribution in [-0.4, -0.2) is 34.6 Å². The van der Waals surface area contributed by atoms with Crippen LogP contribution in [-0.2, 0) is 4.79 Å². The van der Waals surface area contributed by atoms with Crippen LogP contribution in [0.5, 0.6) is 0 Å². The van der Waals surface area contributed by atoms with Gasteiger partial charge in [0.15, 0.2) is 0 Å². The third kappa shape index (κ3) is 2.33. The minimum Gasteiger partial charge on any atom is -0.391 e. The lowest BCUT2D eigenvalue weighted by atomic mass is 9.83. The number of rotatable bonds is 2. The van der Waals surface area contributed by atoms with Crippen LogP contribution in [0.15, 0.2) is 0 Å². The maximum Gasteiger partial charge on any atom is 0.225 e. The van der Waals surface area contributed by atoms with Crippen LogP contribution in [0.4, 0.5) is 0 Å². The third-order valence-corrected chi connectivity index (χ3v) is 3.91. The molecule has 1 saturated carbocycles. The molecule has 1 saturated heterocycles. The van der Waals surface area contributed by atoms with Gasteiger partial charge >= 0.3 is 0 Å². The van der Waals surface area contributed by atoms with Crippen LogP contribution in [0, 0.1) is 5.92 Å². The van der Waals surface area contributed by atoms with E-state index in [2.05, 4.69) is 6.92 Å². The van der Waals surface area contributed by atoms with Crippen molar-refractivity contribution >= 4 is 5.91 Å². The van der Waals surface area contributed by atoms with E-state index in [1.807, 2.05) is 4.90 Å². The summed E-state index contributed by atoms with van der Waals surface area (Å²) in [5.74, 6) is 0.943. The molecule has 3 unspecified atom stereocenters. The van der Waals surface area contributed by atoms with Crippen LogP contribution in [0.3, 0.4) is 0 Å². The monoisotopic (exact) mass is 211 g/mol. The number of hydrogen-bond donors (Lipinski definition) is 1. The molecule has 0 aromatic carbocycles. The van der Waals surface area contributed by atoms with Crippen molar-refractivity contribution in [3.05, 3.63) is 0 Å². The van der Waals surface area contributed by atoms with Crippen LogP contribution in [0.2, 0.25) is 0 Å². The predicted octanol–water partition coefficient (Wildman–Crippen LogP) is 1.55. The van der Waals surface area contributed by atoms with Crippen molar-refractivity contribution in [3.8, 4) is 0 Å². The summed E-state index contributed by atoms with van der Waals surface area (Å²) >= 11 is 0. The van der Waals surface area contributed by atoms with E-state index in [0.29, 0.717) is 19.0 Å². The summed E-state index contributed by atoms with van der Waals surface area (Å²) in [4.78, 5) is 13.6. The Morgan fingerprint density at radius 1 is 1.47 bits per heavy atom. The second kappa shape index (κ2) is 4.52. The van der Waals surface area contributed by atoms with Gasteiger partial charge in [-0.05, 0) is 18.8 Å². The lowest BCUT2D eigenvalue weighted by Gasteiger charge is -2.35. The van der Waals surface area contributed by atoms with E-state index in [4.69, 9.17) is 0 Å². The average molecular weight is 211 g/mol. The molecule has 0 spiro atoms. The van der Waals surface area contributed by atoms with E-state index >= 15 is 0 Å². The Kier molecular flexibility index (Phi) is 3.29. The molecule has 3 nitrogen and oxygen atoms in total. The highest BCUT2D eigenvalue weighted by Crippen LogP contribution is 2.31. The van der Waals surface area contributed by atoms with Crippen molar-refractivity contribution in [1.82, 2.24) is 4.90 Å². The first kappa shape index (κ1) is 10.9. The molecule has 1 N–H and O–H groups in total. The van der Waals surface area contributed by atoms with Crippen LogP contribution in [0.25, 0.3) is 0 Å². The lowest BCUT2D eigenvalue weighted by Crippen LogP contribution is -2.40. The van der Waals surface area contributed by atoms with Gasteiger partial charge in [-0.25, -0.2) is 0 Å². The van der Waals surface area contributed by atoms with Crippen LogP contribution < -0.4 is 0 Å². The molecular formula is C12H21NO2. The fourth-order valence-electron chi connectivity index (χ4n) is 2.98. The fraction of sp³-hybridized carbons (Fsp3) is 0.917. The second-order valence-corrected chi connectivity index (χ2v) is 5.00. The van der Waals surface area contributed by atoms with Gasteiger partial charge < -0.3 is 10.0 Å². The normalized spacial score (nSPS) is 37.3. The number of carbonyl (C=O) groups excluding carboxylic acids is 1. The third-order valence-electron chi connectivity index (χ3n) is 3.91. The highest BCUT2D eigenvalue weighted by Gasteiger charge is 2.35. The Balaban J connectivity index is 1.95. The van der Waals surface area contributed by atoms with E-state index in [0.717, 1.165) is 18.8 Å². The highest BCUT2D eigenvalue weighted by atomic mass is 16.3. The van der Waals surface area contributed by atoms with E-state index in [9.17, 15) is 9.90 Å². The van der Waals surface area contributed by atoms with Crippen molar-refractivity contribution in [3.63, 3.8) is 0 Å². The second-order valence-electron chi connectivity index (χ2n) is 5.00. The molecule has 0 bridgehead atoms. The molecule has 2 aliphatic rings. The molecule has 3 heteroatoms. The molecule has 1 aliphatic heterocycles. The summed E-state index contributed by atoms with van der Waals surface area (Å²) in [6.07, 6.45) is 5.98. The van der Waals surface area contributed by atoms with E-state index < -0.39 is 6.10 Å². The zero-order valence-electron chi connectivity index (χ0n) is 9.48. The quantitative estimate of drug-likeness (QED) is 0.753. The molecule has 2 fully saturated rings. The maximum atomic E-state index is 11.6. The minimum absolute atomic E-state index is 0.157. The molecule has 1 aliphatic carbocycles. The van der Waals surface area contributed by atoms with Gasteiger partial charge in [0.1, 0.15) is 0 Å². The smallest absolute Gasteiger partial charge is 0.225 e. The Bertz CT molecular complexity index is 242. The number of nitrogens with zero attached hydrogens (tertiary/aromatic N) is 1. The summed E-state index contributed by atoms with van der Waals surface area (Å²) in [5, 5.41) is 9.46. The first-order valence-electron chi connectivity index (χ1n) is 6.18. The fourth-order valence-corrected chi connectivity index (χ4v) is 2.98. The van der Waals surface area contributed by atoms with Gasteiger partial charge in [0.25, 0.3) is 0 Å². The number of amides is 1. The molecule has 86 valence electrons. The molecule has 3 atom stereocenters. The van der Waals surface area contributed by atoms with Crippen molar-refractivity contribution in [2.75, 3.05) is 6.54 Å². The number of aliphatic hydroxyl groups is 1. The Morgan fingerprint density at radius 2 is 2.27 bits per heavy atom. The SMILES string of the molecule is CCC1CCCC(N2CC(O)CC2=O)C1. The maximum absolute atomic E-state index is 11.6. The molecule has 0 radical (unpaired) electrons. The predicted molar refractivity (Wildman–Crippen MR) is 58.4 cm³/mol. The molecule has 1 heterocycles. The summed E-state index contributed by atoms with van der Waals surface area (Å²) < 4.78 is 0. The van der Waals surface area contributed by atoms with E-state index in [-0.39, 0.29) is 5.91 Å². The van der Waals surface area contributed by atoms with E-state index in [1.54, 1.807) is 0 Å². The topological polar surface area (TPSA) is 40.5 Å². The largest absolute Gasteiger partial charge is 0.391 e. The van der Waals surface area contributed by atoms with Crippen LogP contribution in [0.1, 0.15) is 45.4 Å². The molecule has 2 rings (SSSR count). The summed E-state index contributed by atoms with van der Waals surface area (Å²) in [6.45, 7) is 2.80. The van der Waals surface area contributed by atoms with E-state index in [1.165, 1.54) is 19.3 Å². The number of carbonyl (C=O) groups is 1. The number of likely N-dealkylation sites (tertiary alicyclic amines) is 1. The summed E-state index contributed by atoms with van der Waals surface area (Å²) in [6, 6.07) is 0.411. The van der Waals surface area contributed by atoms with Gasteiger partial charge in [0.2, 0.25) is 5.91 Å². The zero-order valence-corrected chi connectivity index (χ0v) is 9.48. The Morgan fingerprint density at radius 3 is 2.87 bits per heavy atom. The lowest BCUT2D eigenvalue weighted by molar-refractivity contribution is -0.130. The first-order chi connectivity index (χ1) is 7.20. The van der Waals surface area contributed by atoms with Crippen molar-refractivity contribution in [1.29, 1.82) is 0 Å². The molecule has 15 heavy (non-hydrogen) atoms. The average Bonchev–Trinajstić information content (AvgIpc) is 2.58. The van der Waals surface area contributed by atoms with Crippen molar-refractivity contribution < 1.29 is 9.90 Å². The number of aliphatic hydroxyl groups excluding tert-OH is 1. The van der Waals surface area contributed by atoms with Crippen LogP contribution >= 0.6 is 0 Å². The van der Waals surface area contributed by atoms with Crippen molar-refractivity contribution in [2.45, 2.75) is 57.6 Å². The van der Waals surface area contributed by atoms with Gasteiger partial charge in [-0.1, -0.05) is 26.2 Å². The molecule has 0 aromatic heterocycles. The first-order valence-corrected chi connectivity index (χ1v) is 6.18. The van der Waals surface area contributed by atoms with Gasteiger partial charge in [-0.2, -0.15) is 0 Å². The number of β-amino-alcohol motifs (C(OH)–C–C–N with tert-alkyl or cyclic N) is 1. The highest BCUT2D eigenvalue weighted by molar-refractivity contribution is 5.79. The molecular weight excluding hydrogens is 190 g/mol. The standard InChI is InChI=1S/C12H21NO2/c1-2-9-4-3-5-10(6-9)13-8-11(14)7-12(13)15/h9-11,14H,2-8H2,1H3. The van der Waals surface area contributed by atoms with Gasteiger partial charge in [-0.3, -0.25) is 4.79 Å². The van der Waals surface area contributed by atoms with Crippen molar-refractivity contribution in [2.24, 2.45) is 5.92 Å². The zero-order chi connectivity index (χ0) is 10.8. The van der Waals surface area contributed by atoms with Gasteiger partial charge in [-0.15, -0.1) is 0 Å². The summed E-state index contributed by atoms with van der Waals surface area (Å²) in [5.41, 5.74) is 0. The Labute approximate surface area is 91.5 Å². The number of hydrogen-bond acceptors (Lipinski definition) is 2.